The van der Waals surface area contributed by atoms with E-state index in [0.717, 1.165) is 86.5 Å². The first-order valence-electron chi connectivity index (χ1n) is 18.9. The van der Waals surface area contributed by atoms with Gasteiger partial charge in [0.15, 0.2) is 0 Å². The van der Waals surface area contributed by atoms with E-state index >= 15 is 0 Å². The normalized spacial score (nSPS) is 10.9. The molecule has 0 unspecified atom stereocenters. The molecule has 0 amide bonds. The van der Waals surface area contributed by atoms with Crippen molar-refractivity contribution in [3.63, 3.8) is 0 Å². The fourth-order valence-electron chi connectivity index (χ4n) is 6.48. The van der Waals surface area contributed by atoms with Crippen LogP contribution in [0.25, 0.3) is 33.6 Å². The minimum absolute atomic E-state index is 0.517. The first-order valence-corrected chi connectivity index (χ1v) is 18.9. The number of aryl methyl sites for hydroxylation is 2. The van der Waals surface area contributed by atoms with E-state index in [4.69, 9.17) is 23.9 Å². The topological polar surface area (TPSA) is 53.1 Å². The molecule has 0 radical (unpaired) electrons. The van der Waals surface area contributed by atoms with Crippen LogP contribution in [0.4, 0.5) is 17.1 Å². The third-order valence-corrected chi connectivity index (χ3v) is 9.17. The summed E-state index contributed by atoms with van der Waals surface area (Å²) in [6.45, 7) is 14.5. The fraction of sp³-hybridized carbons (Fsp3) is 0.255. The largest absolute Gasteiger partial charge is 0.494 e. The summed E-state index contributed by atoms with van der Waals surface area (Å²) < 4.78 is 24.0. The van der Waals surface area contributed by atoms with Gasteiger partial charge in [0.2, 0.25) is 0 Å². The first-order chi connectivity index (χ1) is 26.0. The van der Waals surface area contributed by atoms with Crippen molar-refractivity contribution in [3.05, 3.63) is 132 Å². The number of ether oxygens (including phenoxy) is 4. The van der Waals surface area contributed by atoms with E-state index < -0.39 is 0 Å². The van der Waals surface area contributed by atoms with E-state index in [0.29, 0.717) is 26.4 Å². The molecule has 0 bridgehead atoms. The number of benzene rings is 5. The zero-order valence-corrected chi connectivity index (χ0v) is 31.8. The highest BCUT2D eigenvalue weighted by Gasteiger charge is 2.18. The summed E-state index contributed by atoms with van der Waals surface area (Å²) >= 11 is 0. The van der Waals surface area contributed by atoms with Crippen molar-refractivity contribution < 1.29 is 18.9 Å². The molecule has 6 nitrogen and oxygen atoms in total. The van der Waals surface area contributed by atoms with Crippen LogP contribution in [0.2, 0.25) is 0 Å². The number of aromatic nitrogens is 1. The molecule has 6 heteroatoms. The molecule has 53 heavy (non-hydrogen) atoms. The minimum Gasteiger partial charge on any atom is -0.494 e. The van der Waals surface area contributed by atoms with Gasteiger partial charge in [0.25, 0.3) is 0 Å². The van der Waals surface area contributed by atoms with Crippen LogP contribution in [0, 0.1) is 0 Å². The Morgan fingerprint density at radius 3 is 1.19 bits per heavy atom. The summed E-state index contributed by atoms with van der Waals surface area (Å²) in [4.78, 5) is 7.55. The summed E-state index contributed by atoms with van der Waals surface area (Å²) in [6.07, 6.45) is 2.00. The fourth-order valence-corrected chi connectivity index (χ4v) is 6.48. The second-order valence-corrected chi connectivity index (χ2v) is 12.6. The number of nitrogens with zero attached hydrogens (tertiary/aromatic N) is 2. The van der Waals surface area contributed by atoms with E-state index in [1.54, 1.807) is 0 Å². The lowest BCUT2D eigenvalue weighted by molar-refractivity contribution is 0.323. The molecule has 0 fully saturated rings. The maximum Gasteiger partial charge on any atom is 0.132 e. The monoisotopic (exact) mass is 706 g/mol. The molecule has 0 N–H and O–H groups in total. The van der Waals surface area contributed by atoms with Crippen LogP contribution < -0.4 is 23.8 Å². The Morgan fingerprint density at radius 2 is 0.811 bits per heavy atom. The van der Waals surface area contributed by atoms with Gasteiger partial charge in [0, 0.05) is 40.3 Å². The molecule has 272 valence electrons. The van der Waals surface area contributed by atoms with Gasteiger partial charge in [-0.2, -0.15) is 0 Å². The van der Waals surface area contributed by atoms with E-state index in [-0.39, 0.29) is 0 Å². The van der Waals surface area contributed by atoms with Gasteiger partial charge in [0.05, 0.1) is 37.8 Å². The zero-order valence-electron chi connectivity index (χ0n) is 31.8. The van der Waals surface area contributed by atoms with Crippen molar-refractivity contribution in [1.29, 1.82) is 0 Å². The summed E-state index contributed by atoms with van der Waals surface area (Å²) in [5.74, 6) is 2.96. The van der Waals surface area contributed by atoms with Crippen LogP contribution in [0.15, 0.2) is 121 Å². The van der Waals surface area contributed by atoms with E-state index in [1.807, 2.05) is 64.1 Å². The van der Waals surface area contributed by atoms with Gasteiger partial charge in [-0.05, 0) is 136 Å². The highest BCUT2D eigenvalue weighted by atomic mass is 16.5. The van der Waals surface area contributed by atoms with Crippen molar-refractivity contribution >= 4 is 17.1 Å². The van der Waals surface area contributed by atoms with Crippen LogP contribution in [0.3, 0.4) is 0 Å². The van der Waals surface area contributed by atoms with Gasteiger partial charge in [0.1, 0.15) is 23.0 Å². The van der Waals surface area contributed by atoms with Crippen LogP contribution in [-0.2, 0) is 12.8 Å². The molecule has 0 aliphatic carbocycles. The molecular formula is C47H50N2O4. The van der Waals surface area contributed by atoms with E-state index in [2.05, 4.69) is 104 Å². The number of hydrogen-bond donors (Lipinski definition) is 0. The average molecular weight is 707 g/mol. The number of anilines is 3. The lowest BCUT2D eigenvalue weighted by Gasteiger charge is -2.26. The van der Waals surface area contributed by atoms with Crippen LogP contribution in [0.5, 0.6) is 23.0 Å². The quantitative estimate of drug-likeness (QED) is 0.0999. The molecule has 1 heterocycles. The number of pyridine rings is 1. The Bertz CT molecular complexity index is 1970. The maximum atomic E-state index is 6.16. The smallest absolute Gasteiger partial charge is 0.132 e. The maximum absolute atomic E-state index is 6.16. The Hall–Kier alpha value is -5.75. The van der Waals surface area contributed by atoms with Crippen molar-refractivity contribution in [2.45, 2.75) is 54.4 Å². The van der Waals surface area contributed by atoms with Crippen molar-refractivity contribution in [2.75, 3.05) is 31.3 Å². The molecule has 0 aliphatic rings. The van der Waals surface area contributed by atoms with Gasteiger partial charge < -0.3 is 23.8 Å². The van der Waals surface area contributed by atoms with Gasteiger partial charge in [-0.25, -0.2) is 4.98 Å². The van der Waals surface area contributed by atoms with Crippen molar-refractivity contribution in [2.24, 2.45) is 0 Å². The van der Waals surface area contributed by atoms with Gasteiger partial charge in [-0.15, -0.1) is 0 Å². The van der Waals surface area contributed by atoms with Crippen molar-refractivity contribution in [1.82, 2.24) is 4.98 Å². The van der Waals surface area contributed by atoms with Gasteiger partial charge in [-0.1, -0.05) is 50.2 Å². The predicted octanol–water partition coefficient (Wildman–Crippen LogP) is 12.3. The first kappa shape index (κ1) is 37.0. The molecule has 0 aliphatic heterocycles. The van der Waals surface area contributed by atoms with Gasteiger partial charge in [-0.3, -0.25) is 0 Å². The molecule has 0 saturated carbocycles. The predicted molar refractivity (Wildman–Crippen MR) is 219 cm³/mol. The van der Waals surface area contributed by atoms with Crippen LogP contribution in [-0.4, -0.2) is 31.4 Å². The molecule has 0 saturated heterocycles. The summed E-state index contributed by atoms with van der Waals surface area (Å²) in [5.41, 5.74) is 11.4. The highest BCUT2D eigenvalue weighted by molar-refractivity contribution is 5.83. The molecular weight excluding hydrogens is 657 g/mol. The SMILES string of the molecule is CCOc1ccc(-c2cc(-c3ccc(N(c4ccc(CC)cc4)c4ccc(CC)cc4)cc3)cc(-c3ccc(OCC)cc3OCC)n2)c(OCC)c1. The third kappa shape index (κ3) is 8.66. The van der Waals surface area contributed by atoms with Crippen molar-refractivity contribution in [3.8, 4) is 56.6 Å². The van der Waals surface area contributed by atoms with Crippen LogP contribution >= 0.6 is 0 Å². The summed E-state index contributed by atoms with van der Waals surface area (Å²) in [6, 6.07) is 42.6. The molecule has 6 aromatic rings. The van der Waals surface area contributed by atoms with Gasteiger partial charge >= 0.3 is 0 Å². The lowest BCUT2D eigenvalue weighted by Crippen LogP contribution is -2.10. The molecule has 1 aromatic heterocycles. The average Bonchev–Trinajstić information content (AvgIpc) is 3.19. The Labute approximate surface area is 315 Å². The molecule has 6 rings (SSSR count). The molecule has 5 aromatic carbocycles. The Balaban J connectivity index is 1.48. The standard InChI is InChI=1S/C47H50N2O4/c1-7-33-13-19-37(20-14-33)49(38-21-15-34(8-2)16-22-38)39-23-17-35(18-24-39)36-29-44(42-27-25-40(50-9-3)31-46(42)52-11-5)48-45(30-36)43-28-26-41(51-10-4)32-47(43)53-12-6/h13-32H,7-12H2,1-6H3. The Kier molecular flexibility index (Phi) is 12.3. The molecule has 0 atom stereocenters. The number of hydrogen-bond acceptors (Lipinski definition) is 6. The van der Waals surface area contributed by atoms with E-state index in [1.165, 1.54) is 11.1 Å². The van der Waals surface area contributed by atoms with E-state index in [9.17, 15) is 0 Å². The second kappa shape index (κ2) is 17.6. The lowest BCUT2D eigenvalue weighted by atomic mass is 9.98. The second-order valence-electron chi connectivity index (χ2n) is 12.6. The zero-order chi connectivity index (χ0) is 37.2. The number of rotatable bonds is 16. The Morgan fingerprint density at radius 1 is 0.415 bits per heavy atom. The third-order valence-electron chi connectivity index (χ3n) is 9.17. The highest BCUT2D eigenvalue weighted by Crippen LogP contribution is 2.41. The molecule has 0 spiro atoms. The summed E-state index contributed by atoms with van der Waals surface area (Å²) in [7, 11) is 0. The summed E-state index contributed by atoms with van der Waals surface area (Å²) in [5, 5.41) is 0. The van der Waals surface area contributed by atoms with Crippen LogP contribution in [0.1, 0.15) is 52.7 Å². The minimum atomic E-state index is 0.517.